The van der Waals surface area contributed by atoms with Crippen LogP contribution in [0.25, 0.3) is 10.9 Å². The number of amidine groups is 1. The number of para-hydroxylation sites is 1. The summed E-state index contributed by atoms with van der Waals surface area (Å²) in [4.78, 5) is 7.99. The molecule has 1 aliphatic heterocycles. The van der Waals surface area contributed by atoms with E-state index < -0.39 is 0 Å². The Morgan fingerprint density at radius 2 is 1.82 bits per heavy atom. The minimum Gasteiger partial charge on any atom is -0.372 e. The summed E-state index contributed by atoms with van der Waals surface area (Å²) in [6.45, 7) is 1.86. The number of aliphatic imine (C=N–C) groups is 1. The third-order valence-electron chi connectivity index (χ3n) is 4.34. The molecule has 3 aromatic rings. The summed E-state index contributed by atoms with van der Waals surface area (Å²) in [5.74, 6) is 1.45. The Balaban J connectivity index is 1.79. The minimum atomic E-state index is 0.321. The van der Waals surface area contributed by atoms with Gasteiger partial charge in [-0.3, -0.25) is 4.99 Å². The predicted molar refractivity (Wildman–Crippen MR) is 91.5 cm³/mol. The van der Waals surface area contributed by atoms with Crippen LogP contribution in [0.3, 0.4) is 0 Å². The van der Waals surface area contributed by atoms with E-state index in [4.69, 9.17) is 0 Å². The second-order valence-electron chi connectivity index (χ2n) is 5.71. The van der Waals surface area contributed by atoms with Crippen LogP contribution in [-0.2, 0) is 0 Å². The highest BCUT2D eigenvalue weighted by atomic mass is 15.1. The molecule has 1 aliphatic rings. The van der Waals surface area contributed by atoms with E-state index in [1.165, 1.54) is 22.0 Å². The number of fused-ring (bicyclic) bond motifs is 1. The zero-order chi connectivity index (χ0) is 14.8. The van der Waals surface area contributed by atoms with Gasteiger partial charge in [-0.1, -0.05) is 48.5 Å². The average molecular weight is 289 g/mol. The monoisotopic (exact) mass is 289 g/mol. The first-order valence-electron chi connectivity index (χ1n) is 7.80. The quantitative estimate of drug-likeness (QED) is 0.755. The molecule has 1 atom stereocenters. The van der Waals surface area contributed by atoms with Crippen molar-refractivity contribution in [2.45, 2.75) is 12.3 Å². The summed E-state index contributed by atoms with van der Waals surface area (Å²) in [7, 11) is 0. The van der Waals surface area contributed by atoms with Gasteiger partial charge in [0.05, 0.1) is 12.4 Å². The van der Waals surface area contributed by atoms with Gasteiger partial charge in [0, 0.05) is 36.0 Å². The van der Waals surface area contributed by atoms with Gasteiger partial charge in [-0.15, -0.1) is 0 Å². The SMILES string of the molecule is c1ccc(C(CC2=NCCN2)c2c[nH]c3ccccc23)cc1. The summed E-state index contributed by atoms with van der Waals surface area (Å²) in [6, 6.07) is 19.2. The Kier molecular flexibility index (Phi) is 3.39. The molecule has 0 bridgehead atoms. The van der Waals surface area contributed by atoms with Crippen LogP contribution in [0.1, 0.15) is 23.5 Å². The summed E-state index contributed by atoms with van der Waals surface area (Å²) < 4.78 is 0. The second kappa shape index (κ2) is 5.68. The van der Waals surface area contributed by atoms with Crippen molar-refractivity contribution >= 4 is 16.7 Å². The molecule has 110 valence electrons. The van der Waals surface area contributed by atoms with Gasteiger partial charge in [-0.05, 0) is 17.2 Å². The van der Waals surface area contributed by atoms with Crippen molar-refractivity contribution in [2.75, 3.05) is 13.1 Å². The molecular weight excluding hydrogens is 270 g/mol. The molecule has 0 saturated heterocycles. The summed E-state index contributed by atoms with van der Waals surface area (Å²) >= 11 is 0. The van der Waals surface area contributed by atoms with Crippen molar-refractivity contribution in [1.29, 1.82) is 0 Å². The highest BCUT2D eigenvalue weighted by molar-refractivity contribution is 5.88. The lowest BCUT2D eigenvalue weighted by atomic mass is 9.88. The topological polar surface area (TPSA) is 40.2 Å². The van der Waals surface area contributed by atoms with Crippen LogP contribution < -0.4 is 5.32 Å². The fraction of sp³-hybridized carbons (Fsp3) is 0.211. The molecule has 0 spiro atoms. The first kappa shape index (κ1) is 13.1. The molecule has 22 heavy (non-hydrogen) atoms. The Morgan fingerprint density at radius 1 is 1.00 bits per heavy atom. The van der Waals surface area contributed by atoms with Gasteiger partial charge in [0.15, 0.2) is 0 Å². The number of H-pyrrole nitrogens is 1. The summed E-state index contributed by atoms with van der Waals surface area (Å²) in [5, 5.41) is 4.71. The second-order valence-corrected chi connectivity index (χ2v) is 5.71. The highest BCUT2D eigenvalue weighted by Crippen LogP contribution is 2.33. The number of nitrogens with one attached hydrogen (secondary N) is 2. The maximum absolute atomic E-state index is 4.59. The minimum absolute atomic E-state index is 0.321. The average Bonchev–Trinajstić information content (AvgIpc) is 3.23. The van der Waals surface area contributed by atoms with Gasteiger partial charge < -0.3 is 10.3 Å². The van der Waals surface area contributed by atoms with Gasteiger partial charge >= 0.3 is 0 Å². The Hall–Kier alpha value is -2.55. The molecule has 1 aromatic heterocycles. The zero-order valence-corrected chi connectivity index (χ0v) is 12.4. The fourth-order valence-corrected chi connectivity index (χ4v) is 3.25. The third kappa shape index (κ3) is 2.39. The smallest absolute Gasteiger partial charge is 0.0974 e. The number of hydrogen-bond donors (Lipinski definition) is 2. The van der Waals surface area contributed by atoms with Gasteiger partial charge in [-0.25, -0.2) is 0 Å². The van der Waals surface area contributed by atoms with Crippen molar-refractivity contribution in [1.82, 2.24) is 10.3 Å². The van der Waals surface area contributed by atoms with Crippen molar-refractivity contribution in [3.63, 3.8) is 0 Å². The largest absolute Gasteiger partial charge is 0.372 e. The van der Waals surface area contributed by atoms with E-state index in [1.54, 1.807) is 0 Å². The molecule has 2 heterocycles. The van der Waals surface area contributed by atoms with Crippen LogP contribution in [-0.4, -0.2) is 23.9 Å². The number of aromatic amines is 1. The standard InChI is InChI=1S/C19H19N3/c1-2-6-14(7-3-1)16(12-19-20-10-11-21-19)17-13-22-18-9-5-4-8-15(17)18/h1-9,13,16,22H,10-12H2,(H,20,21). The van der Waals surface area contributed by atoms with Crippen molar-refractivity contribution < 1.29 is 0 Å². The van der Waals surface area contributed by atoms with Crippen molar-refractivity contribution in [3.05, 3.63) is 71.9 Å². The van der Waals surface area contributed by atoms with Crippen LogP contribution in [0.2, 0.25) is 0 Å². The van der Waals surface area contributed by atoms with E-state index in [0.717, 1.165) is 25.3 Å². The van der Waals surface area contributed by atoms with Crippen LogP contribution in [0.5, 0.6) is 0 Å². The van der Waals surface area contributed by atoms with Crippen LogP contribution >= 0.6 is 0 Å². The van der Waals surface area contributed by atoms with Gasteiger partial charge in [-0.2, -0.15) is 0 Å². The van der Waals surface area contributed by atoms with E-state index in [9.17, 15) is 0 Å². The van der Waals surface area contributed by atoms with E-state index in [0.29, 0.717) is 5.92 Å². The lowest BCUT2D eigenvalue weighted by Crippen LogP contribution is -2.21. The molecule has 0 aliphatic carbocycles. The molecule has 0 amide bonds. The molecule has 2 N–H and O–H groups in total. The summed E-state index contributed by atoms with van der Waals surface area (Å²) in [5.41, 5.74) is 3.88. The third-order valence-corrected chi connectivity index (χ3v) is 4.34. The summed E-state index contributed by atoms with van der Waals surface area (Å²) in [6.07, 6.45) is 3.07. The van der Waals surface area contributed by atoms with Gasteiger partial charge in [0.25, 0.3) is 0 Å². The number of hydrogen-bond acceptors (Lipinski definition) is 2. The maximum Gasteiger partial charge on any atom is 0.0974 e. The maximum atomic E-state index is 4.59. The molecule has 2 aromatic carbocycles. The molecule has 3 nitrogen and oxygen atoms in total. The van der Waals surface area contributed by atoms with Crippen molar-refractivity contribution in [3.8, 4) is 0 Å². The van der Waals surface area contributed by atoms with E-state index in [1.807, 2.05) is 0 Å². The Morgan fingerprint density at radius 3 is 2.64 bits per heavy atom. The van der Waals surface area contributed by atoms with E-state index >= 15 is 0 Å². The normalized spacial score (nSPS) is 15.5. The number of aromatic nitrogens is 1. The van der Waals surface area contributed by atoms with E-state index in [2.05, 4.69) is 76.1 Å². The van der Waals surface area contributed by atoms with Crippen LogP contribution in [0, 0.1) is 0 Å². The Bertz CT molecular complexity index is 802. The lowest BCUT2D eigenvalue weighted by molar-refractivity contribution is 0.840. The fourth-order valence-electron chi connectivity index (χ4n) is 3.25. The lowest BCUT2D eigenvalue weighted by Gasteiger charge is -2.17. The first-order chi connectivity index (χ1) is 10.9. The molecule has 0 saturated carbocycles. The van der Waals surface area contributed by atoms with E-state index in [-0.39, 0.29) is 0 Å². The van der Waals surface area contributed by atoms with Crippen LogP contribution in [0.4, 0.5) is 0 Å². The van der Waals surface area contributed by atoms with Crippen molar-refractivity contribution in [2.24, 2.45) is 4.99 Å². The molecule has 0 fully saturated rings. The predicted octanol–water partition coefficient (Wildman–Crippen LogP) is 3.69. The van der Waals surface area contributed by atoms with Gasteiger partial charge in [0.1, 0.15) is 0 Å². The number of nitrogens with zero attached hydrogens (tertiary/aromatic N) is 1. The first-order valence-corrected chi connectivity index (χ1v) is 7.80. The zero-order valence-electron chi connectivity index (χ0n) is 12.4. The molecule has 0 radical (unpaired) electrons. The van der Waals surface area contributed by atoms with Gasteiger partial charge in [0.2, 0.25) is 0 Å². The number of benzene rings is 2. The molecular formula is C19H19N3. The Labute approximate surface area is 130 Å². The number of rotatable bonds is 4. The molecule has 4 rings (SSSR count). The highest BCUT2D eigenvalue weighted by Gasteiger charge is 2.21. The molecule has 3 heteroatoms. The molecule has 1 unspecified atom stereocenters. The van der Waals surface area contributed by atoms with Crippen LogP contribution in [0.15, 0.2) is 65.8 Å².